The molecule has 3 heterocycles. The third kappa shape index (κ3) is 3.53. The molecular formula is C13H16N6OS2. The van der Waals surface area contributed by atoms with E-state index >= 15 is 0 Å². The number of thioether (sulfide) groups is 1. The molecule has 0 unspecified atom stereocenters. The molecule has 116 valence electrons. The minimum absolute atomic E-state index is 0.280. The van der Waals surface area contributed by atoms with Gasteiger partial charge in [-0.15, -0.1) is 20.4 Å². The molecule has 1 amide bonds. The zero-order valence-corrected chi connectivity index (χ0v) is 13.8. The van der Waals surface area contributed by atoms with Crippen LogP contribution in [0, 0.1) is 0 Å². The van der Waals surface area contributed by atoms with E-state index in [2.05, 4.69) is 30.6 Å². The van der Waals surface area contributed by atoms with Crippen molar-refractivity contribution in [2.24, 2.45) is 0 Å². The Balaban J connectivity index is 1.63. The molecule has 0 radical (unpaired) electrons. The van der Waals surface area contributed by atoms with Gasteiger partial charge >= 0.3 is 0 Å². The van der Waals surface area contributed by atoms with Crippen LogP contribution in [0.4, 0.5) is 10.9 Å². The number of amides is 1. The molecular weight excluding hydrogens is 320 g/mol. The van der Waals surface area contributed by atoms with E-state index < -0.39 is 0 Å². The molecule has 0 bridgehead atoms. The first-order valence-electron chi connectivity index (χ1n) is 7.12. The van der Waals surface area contributed by atoms with E-state index in [4.69, 9.17) is 0 Å². The van der Waals surface area contributed by atoms with Gasteiger partial charge in [0.2, 0.25) is 5.13 Å². The summed E-state index contributed by atoms with van der Waals surface area (Å²) in [6.45, 7) is 4.05. The molecule has 3 rings (SSSR count). The van der Waals surface area contributed by atoms with Crippen LogP contribution in [0.25, 0.3) is 0 Å². The van der Waals surface area contributed by atoms with Gasteiger partial charge in [-0.3, -0.25) is 10.1 Å². The van der Waals surface area contributed by atoms with Crippen LogP contribution < -0.4 is 10.2 Å². The van der Waals surface area contributed by atoms with Crippen LogP contribution in [0.1, 0.15) is 30.3 Å². The lowest BCUT2D eigenvalue weighted by atomic mass is 10.3. The van der Waals surface area contributed by atoms with Crippen LogP contribution >= 0.6 is 23.1 Å². The van der Waals surface area contributed by atoms with E-state index in [-0.39, 0.29) is 11.6 Å². The van der Waals surface area contributed by atoms with Gasteiger partial charge in [-0.25, -0.2) is 0 Å². The third-order valence-electron chi connectivity index (χ3n) is 3.21. The lowest BCUT2D eigenvalue weighted by Gasteiger charge is -2.14. The Kier molecular flexibility index (Phi) is 4.84. The molecule has 22 heavy (non-hydrogen) atoms. The number of anilines is 2. The van der Waals surface area contributed by atoms with Gasteiger partial charge in [-0.1, -0.05) is 30.0 Å². The quantitative estimate of drug-likeness (QED) is 0.662. The van der Waals surface area contributed by atoms with Crippen LogP contribution in [0.2, 0.25) is 0 Å². The van der Waals surface area contributed by atoms with Gasteiger partial charge < -0.3 is 4.90 Å². The maximum absolute atomic E-state index is 12.1. The number of nitrogens with zero attached hydrogens (tertiary/aromatic N) is 5. The maximum atomic E-state index is 12.1. The first-order chi connectivity index (χ1) is 10.8. The molecule has 7 nitrogen and oxygen atoms in total. The first-order valence-corrected chi connectivity index (χ1v) is 8.93. The van der Waals surface area contributed by atoms with Gasteiger partial charge in [0.1, 0.15) is 0 Å². The van der Waals surface area contributed by atoms with Gasteiger partial charge in [0.05, 0.1) is 0 Å². The second-order valence-corrected chi connectivity index (χ2v) is 7.22. The predicted molar refractivity (Wildman–Crippen MR) is 87.7 cm³/mol. The van der Waals surface area contributed by atoms with E-state index in [0.717, 1.165) is 29.0 Å². The van der Waals surface area contributed by atoms with E-state index in [9.17, 15) is 4.79 Å². The highest BCUT2D eigenvalue weighted by Crippen LogP contribution is 2.25. The third-order valence-corrected chi connectivity index (χ3v) is 5.06. The molecule has 1 N–H and O–H groups in total. The molecule has 0 aliphatic carbocycles. The van der Waals surface area contributed by atoms with Gasteiger partial charge in [0.15, 0.2) is 15.9 Å². The Hall–Kier alpha value is -1.74. The molecule has 0 atom stereocenters. The zero-order chi connectivity index (χ0) is 15.4. The van der Waals surface area contributed by atoms with Gasteiger partial charge in [-0.05, 0) is 30.7 Å². The first kappa shape index (κ1) is 15.2. The van der Waals surface area contributed by atoms with Crippen molar-refractivity contribution in [3.05, 3.63) is 17.8 Å². The molecule has 2 aromatic rings. The number of carbonyl (C=O) groups excluding carboxylic acids is 1. The van der Waals surface area contributed by atoms with Crippen molar-refractivity contribution in [2.75, 3.05) is 29.1 Å². The lowest BCUT2D eigenvalue weighted by molar-refractivity contribution is 0.102. The summed E-state index contributed by atoms with van der Waals surface area (Å²) in [5.41, 5.74) is 0.280. The van der Waals surface area contributed by atoms with Crippen LogP contribution in [-0.4, -0.2) is 45.1 Å². The second-order valence-electron chi connectivity index (χ2n) is 4.73. The van der Waals surface area contributed by atoms with E-state index in [0.29, 0.717) is 5.13 Å². The molecule has 0 saturated carbocycles. The summed E-state index contributed by atoms with van der Waals surface area (Å²) in [5.74, 6) is 1.43. The van der Waals surface area contributed by atoms with Crippen molar-refractivity contribution >= 4 is 40.0 Å². The number of rotatable bonds is 5. The highest BCUT2D eigenvalue weighted by Gasteiger charge is 2.16. The largest absolute Gasteiger partial charge is 0.355 e. The van der Waals surface area contributed by atoms with Crippen LogP contribution in [0.15, 0.2) is 16.5 Å². The molecule has 0 spiro atoms. The summed E-state index contributed by atoms with van der Waals surface area (Å²) in [4.78, 5) is 14.3. The van der Waals surface area contributed by atoms with E-state index in [1.807, 2.05) is 13.0 Å². The summed E-state index contributed by atoms with van der Waals surface area (Å²) in [6, 6.07) is 3.53. The fraction of sp³-hybridized carbons (Fsp3) is 0.462. The number of hydrogen-bond acceptors (Lipinski definition) is 8. The Bertz CT molecular complexity index is 638. The van der Waals surface area contributed by atoms with Crippen molar-refractivity contribution in [3.63, 3.8) is 0 Å². The number of carbonyl (C=O) groups is 1. The van der Waals surface area contributed by atoms with Crippen molar-refractivity contribution in [3.8, 4) is 0 Å². The fourth-order valence-corrected chi connectivity index (χ4v) is 3.81. The smallest absolute Gasteiger partial charge is 0.278 e. The number of aromatic nitrogens is 4. The van der Waals surface area contributed by atoms with Crippen molar-refractivity contribution in [1.29, 1.82) is 0 Å². The van der Waals surface area contributed by atoms with Crippen molar-refractivity contribution in [2.45, 2.75) is 24.1 Å². The topological polar surface area (TPSA) is 83.9 Å². The summed E-state index contributed by atoms with van der Waals surface area (Å²) >= 11 is 2.95. The molecule has 1 fully saturated rings. The van der Waals surface area contributed by atoms with E-state index in [1.165, 1.54) is 24.2 Å². The Morgan fingerprint density at radius 2 is 2.09 bits per heavy atom. The number of hydrogen-bond donors (Lipinski definition) is 1. The van der Waals surface area contributed by atoms with Crippen molar-refractivity contribution < 1.29 is 4.79 Å². The highest BCUT2D eigenvalue weighted by molar-refractivity contribution is 8.01. The summed E-state index contributed by atoms with van der Waals surface area (Å²) in [7, 11) is 0. The summed E-state index contributed by atoms with van der Waals surface area (Å²) in [5, 5.41) is 19.3. The van der Waals surface area contributed by atoms with Crippen molar-refractivity contribution in [1.82, 2.24) is 20.4 Å². The molecule has 0 aromatic carbocycles. The highest BCUT2D eigenvalue weighted by atomic mass is 32.2. The molecule has 1 aliphatic rings. The number of nitrogens with one attached hydrogen (secondary N) is 1. The average molecular weight is 336 g/mol. The average Bonchev–Trinajstić information content (AvgIpc) is 3.20. The summed E-state index contributed by atoms with van der Waals surface area (Å²) in [6.07, 6.45) is 2.36. The van der Waals surface area contributed by atoms with Crippen LogP contribution in [0.3, 0.4) is 0 Å². The maximum Gasteiger partial charge on any atom is 0.278 e. The molecule has 1 aliphatic heterocycles. The monoisotopic (exact) mass is 336 g/mol. The zero-order valence-electron chi connectivity index (χ0n) is 12.2. The summed E-state index contributed by atoms with van der Waals surface area (Å²) < 4.78 is 0.841. The Morgan fingerprint density at radius 3 is 2.77 bits per heavy atom. The molecule has 9 heteroatoms. The van der Waals surface area contributed by atoms with Gasteiger partial charge in [-0.2, -0.15) is 0 Å². The predicted octanol–water partition coefficient (Wildman–Crippen LogP) is 2.29. The van der Waals surface area contributed by atoms with Gasteiger partial charge in [0.25, 0.3) is 5.91 Å². The Labute approximate surface area is 136 Å². The standard InChI is InChI=1S/C13H16N6OS2/c1-2-21-13-18-17-12(22-13)14-11(20)9-5-6-10(16-15-9)19-7-3-4-8-19/h5-6H,2-4,7-8H2,1H3,(H,14,17,20). The van der Waals surface area contributed by atoms with Crippen LogP contribution in [-0.2, 0) is 0 Å². The van der Waals surface area contributed by atoms with Crippen LogP contribution in [0.5, 0.6) is 0 Å². The SMILES string of the molecule is CCSc1nnc(NC(=O)c2ccc(N3CCCC3)nn2)s1. The molecule has 2 aromatic heterocycles. The fourth-order valence-electron chi connectivity index (χ4n) is 2.16. The minimum atomic E-state index is -0.315. The second kappa shape index (κ2) is 7.01. The van der Waals surface area contributed by atoms with E-state index in [1.54, 1.807) is 17.8 Å². The minimum Gasteiger partial charge on any atom is -0.355 e. The van der Waals surface area contributed by atoms with Gasteiger partial charge in [0, 0.05) is 13.1 Å². The Morgan fingerprint density at radius 1 is 1.27 bits per heavy atom. The molecule has 1 saturated heterocycles. The lowest BCUT2D eigenvalue weighted by Crippen LogP contribution is -2.20. The normalized spacial score (nSPS) is 14.3.